The molecule has 3 heterocycles. The third-order valence-corrected chi connectivity index (χ3v) is 7.51. The minimum atomic E-state index is -0.961. The number of hydrogen-bond donors (Lipinski definition) is 2. The number of carbonyl (C=O) groups excluding carboxylic acids is 3. The van der Waals surface area contributed by atoms with Crippen LogP contribution in [0.5, 0.6) is 0 Å². The predicted octanol–water partition coefficient (Wildman–Crippen LogP) is 2.18. The van der Waals surface area contributed by atoms with E-state index in [1.807, 2.05) is 60.7 Å². The highest BCUT2D eigenvalue weighted by Gasteiger charge is 2.54. The fourth-order valence-corrected chi connectivity index (χ4v) is 5.69. The van der Waals surface area contributed by atoms with Gasteiger partial charge in [0, 0.05) is 5.75 Å². The number of benzene rings is 2. The smallest absolute Gasteiger partial charge is 0.356 e. The molecule has 1 fully saturated rings. The van der Waals surface area contributed by atoms with Crippen LogP contribution in [0.2, 0.25) is 0 Å². The summed E-state index contributed by atoms with van der Waals surface area (Å²) >= 11 is 1.37. The van der Waals surface area contributed by atoms with Crippen molar-refractivity contribution in [1.29, 1.82) is 0 Å². The Bertz CT molecular complexity index is 1470. The van der Waals surface area contributed by atoms with Gasteiger partial charge < -0.3 is 25.1 Å². The lowest BCUT2D eigenvalue weighted by Gasteiger charge is -2.49. The zero-order chi connectivity index (χ0) is 28.2. The first-order chi connectivity index (χ1) is 19.4. The standard InChI is InChI=1S/C27H24N6O6S/c1-3-15-14-40-25-19(29-23(34)18(31-37-2)22-30-27(28)39-32-22)24(35)33(25)20(15)26(36)38-21(16-10-6-4-7-11-16)17-12-8-5-9-13-17/h3-13,19,21,25H,1,14H2,2H3,(H,29,34)(H2,28,30,32)/t19?,25-/m0/s1. The Morgan fingerprint density at radius 1 is 1.20 bits per heavy atom. The fraction of sp³-hybridized carbons (Fsp3) is 0.185. The van der Waals surface area contributed by atoms with Crippen molar-refractivity contribution in [2.24, 2.45) is 5.16 Å². The highest BCUT2D eigenvalue weighted by atomic mass is 32.2. The van der Waals surface area contributed by atoms with Gasteiger partial charge in [0.2, 0.25) is 11.5 Å². The largest absolute Gasteiger partial charge is 0.448 e. The Morgan fingerprint density at radius 2 is 1.85 bits per heavy atom. The van der Waals surface area contributed by atoms with Crippen molar-refractivity contribution in [2.75, 3.05) is 18.6 Å². The van der Waals surface area contributed by atoms with Crippen molar-refractivity contribution in [3.05, 3.63) is 102 Å². The van der Waals surface area contributed by atoms with Gasteiger partial charge in [-0.1, -0.05) is 83.6 Å². The second-order valence-corrected chi connectivity index (χ2v) is 9.73. The summed E-state index contributed by atoms with van der Waals surface area (Å²) in [5, 5.41) is 9.26. The number of esters is 1. The number of hydrogen-bond acceptors (Lipinski definition) is 11. The minimum absolute atomic E-state index is 0.0860. The molecule has 5 rings (SSSR count). The van der Waals surface area contributed by atoms with Crippen molar-refractivity contribution in [1.82, 2.24) is 20.4 Å². The van der Waals surface area contributed by atoms with Crippen LogP contribution in [0.3, 0.4) is 0 Å². The summed E-state index contributed by atoms with van der Waals surface area (Å²) in [5.74, 6) is -1.80. The van der Waals surface area contributed by atoms with Gasteiger partial charge in [0.15, 0.2) is 6.10 Å². The number of rotatable bonds is 9. The molecule has 204 valence electrons. The van der Waals surface area contributed by atoms with Crippen LogP contribution >= 0.6 is 11.8 Å². The van der Waals surface area contributed by atoms with E-state index in [2.05, 4.69) is 27.2 Å². The van der Waals surface area contributed by atoms with Gasteiger partial charge >= 0.3 is 12.0 Å². The third-order valence-electron chi connectivity index (χ3n) is 6.20. The average molecular weight is 561 g/mol. The number of thioether (sulfide) groups is 1. The van der Waals surface area contributed by atoms with Crippen molar-refractivity contribution >= 4 is 41.3 Å². The van der Waals surface area contributed by atoms with E-state index in [0.29, 0.717) is 11.3 Å². The van der Waals surface area contributed by atoms with Crippen LogP contribution in [0, 0.1) is 0 Å². The van der Waals surface area contributed by atoms with Crippen molar-refractivity contribution in [3.63, 3.8) is 0 Å². The summed E-state index contributed by atoms with van der Waals surface area (Å²) in [6.07, 6.45) is 0.826. The molecule has 0 radical (unpaired) electrons. The monoisotopic (exact) mass is 560 g/mol. The van der Waals surface area contributed by atoms with Crippen LogP contribution in [0.4, 0.5) is 6.01 Å². The van der Waals surface area contributed by atoms with Crippen LogP contribution in [-0.4, -0.2) is 62.8 Å². The molecule has 0 spiro atoms. The van der Waals surface area contributed by atoms with Crippen molar-refractivity contribution < 1.29 is 28.5 Å². The number of β-lactam (4-membered cyclic amide) rings is 1. The van der Waals surface area contributed by atoms with E-state index in [1.54, 1.807) is 0 Å². The molecule has 2 aliphatic heterocycles. The molecule has 3 aromatic rings. The lowest BCUT2D eigenvalue weighted by atomic mass is 10.0. The number of allylic oxidation sites excluding steroid dienone is 1. The molecular formula is C27H24N6O6S. The first-order valence-corrected chi connectivity index (χ1v) is 13.1. The van der Waals surface area contributed by atoms with Crippen LogP contribution in [0.1, 0.15) is 23.1 Å². The number of fused-ring (bicyclic) bond motifs is 1. The first-order valence-electron chi connectivity index (χ1n) is 12.1. The zero-order valence-electron chi connectivity index (χ0n) is 21.2. The molecular weight excluding hydrogens is 536 g/mol. The molecule has 40 heavy (non-hydrogen) atoms. The van der Waals surface area contributed by atoms with E-state index < -0.39 is 35.3 Å². The maximum absolute atomic E-state index is 13.7. The number of aromatic nitrogens is 2. The quantitative estimate of drug-likeness (QED) is 0.172. The topological polar surface area (TPSA) is 162 Å². The second kappa shape index (κ2) is 11.5. The molecule has 0 aliphatic carbocycles. The summed E-state index contributed by atoms with van der Waals surface area (Å²) in [6.45, 7) is 3.82. The number of amides is 2. The molecule has 1 unspecified atom stereocenters. The molecule has 2 aliphatic rings. The maximum Gasteiger partial charge on any atom is 0.356 e. The van der Waals surface area contributed by atoms with E-state index in [0.717, 1.165) is 11.1 Å². The molecule has 2 amide bonds. The van der Waals surface area contributed by atoms with E-state index in [4.69, 9.17) is 19.8 Å². The van der Waals surface area contributed by atoms with Crippen LogP contribution in [-0.2, 0) is 24.0 Å². The predicted molar refractivity (Wildman–Crippen MR) is 145 cm³/mol. The Kier molecular flexibility index (Phi) is 7.64. The van der Waals surface area contributed by atoms with Crippen LogP contribution in [0.15, 0.2) is 94.3 Å². The first kappa shape index (κ1) is 26.7. The second-order valence-electron chi connectivity index (χ2n) is 8.62. The Morgan fingerprint density at radius 3 is 2.40 bits per heavy atom. The summed E-state index contributed by atoms with van der Waals surface area (Å²) in [4.78, 5) is 49.8. The molecule has 0 bridgehead atoms. The molecule has 1 saturated heterocycles. The van der Waals surface area contributed by atoms with Crippen LogP contribution in [0.25, 0.3) is 0 Å². The lowest BCUT2D eigenvalue weighted by Crippen LogP contribution is -2.71. The zero-order valence-corrected chi connectivity index (χ0v) is 22.0. The Labute approximate surface area is 232 Å². The van der Waals surface area contributed by atoms with Gasteiger partial charge in [0.25, 0.3) is 11.8 Å². The lowest BCUT2D eigenvalue weighted by molar-refractivity contribution is -0.154. The SMILES string of the molecule is C=CC1=C(C(=O)OC(c2ccccc2)c2ccccc2)N2C(=O)C(NC(=O)C(=NOC)c3noc(N)n3)[C@@H]2SC1. The summed E-state index contributed by atoms with van der Waals surface area (Å²) in [5.41, 5.74) is 7.31. The number of nitrogens with one attached hydrogen (secondary N) is 1. The van der Waals surface area contributed by atoms with Gasteiger partial charge in [0.1, 0.15) is 24.2 Å². The Hall–Kier alpha value is -4.91. The van der Waals surface area contributed by atoms with Crippen molar-refractivity contribution in [3.8, 4) is 0 Å². The highest BCUT2D eigenvalue weighted by Crippen LogP contribution is 2.41. The highest BCUT2D eigenvalue weighted by molar-refractivity contribution is 8.00. The van der Waals surface area contributed by atoms with Gasteiger partial charge in [-0.25, -0.2) is 4.79 Å². The summed E-state index contributed by atoms with van der Waals surface area (Å²) < 4.78 is 10.7. The van der Waals surface area contributed by atoms with Gasteiger partial charge in [-0.3, -0.25) is 14.5 Å². The number of nitrogen functional groups attached to an aromatic ring is 1. The molecule has 0 saturated carbocycles. The summed E-state index contributed by atoms with van der Waals surface area (Å²) in [6, 6.07) is 17.4. The number of anilines is 1. The fourth-order valence-electron chi connectivity index (χ4n) is 4.35. The molecule has 13 heteroatoms. The minimum Gasteiger partial charge on any atom is -0.448 e. The summed E-state index contributed by atoms with van der Waals surface area (Å²) in [7, 11) is 1.24. The molecule has 3 N–H and O–H groups in total. The number of carbonyl (C=O) groups is 3. The molecule has 1 aromatic heterocycles. The van der Waals surface area contributed by atoms with Gasteiger partial charge in [-0.05, 0) is 16.7 Å². The normalized spacial score (nSPS) is 18.6. The number of oxime groups is 1. The van der Waals surface area contributed by atoms with E-state index in [1.165, 1.54) is 29.8 Å². The van der Waals surface area contributed by atoms with Gasteiger partial charge in [-0.15, -0.1) is 11.8 Å². The number of nitrogens with two attached hydrogens (primary N) is 1. The third kappa shape index (κ3) is 5.06. The maximum atomic E-state index is 13.7. The van der Waals surface area contributed by atoms with E-state index in [9.17, 15) is 14.4 Å². The van der Waals surface area contributed by atoms with Gasteiger partial charge in [0.05, 0.1) is 0 Å². The molecule has 2 aromatic carbocycles. The Balaban J connectivity index is 1.38. The van der Waals surface area contributed by atoms with Gasteiger partial charge in [-0.2, -0.15) is 4.98 Å². The van der Waals surface area contributed by atoms with Crippen LogP contribution < -0.4 is 11.1 Å². The molecule has 12 nitrogen and oxygen atoms in total. The average Bonchev–Trinajstić information content (AvgIpc) is 3.42. The van der Waals surface area contributed by atoms with E-state index in [-0.39, 0.29) is 23.2 Å². The molecule has 2 atom stereocenters. The van der Waals surface area contributed by atoms with E-state index >= 15 is 0 Å². The van der Waals surface area contributed by atoms with Crippen molar-refractivity contribution in [2.45, 2.75) is 17.5 Å². The number of ether oxygens (including phenoxy) is 1. The number of nitrogens with zero attached hydrogens (tertiary/aromatic N) is 4.